The van der Waals surface area contributed by atoms with Crippen LogP contribution in [0.4, 0.5) is 4.79 Å². The molecule has 1 aromatic rings. The first kappa shape index (κ1) is 12.5. The molecule has 1 aliphatic carbocycles. The van der Waals surface area contributed by atoms with E-state index in [0.717, 1.165) is 38.8 Å². The van der Waals surface area contributed by atoms with E-state index in [4.69, 9.17) is 0 Å². The van der Waals surface area contributed by atoms with Crippen molar-refractivity contribution in [2.45, 2.75) is 44.6 Å². The van der Waals surface area contributed by atoms with Crippen molar-refractivity contribution in [1.82, 2.24) is 10.2 Å². The van der Waals surface area contributed by atoms with E-state index < -0.39 is 0 Å². The van der Waals surface area contributed by atoms with Gasteiger partial charge >= 0.3 is 6.03 Å². The maximum atomic E-state index is 12.3. The lowest BCUT2D eigenvalue weighted by Gasteiger charge is -2.23. The van der Waals surface area contributed by atoms with E-state index in [0.29, 0.717) is 0 Å². The Morgan fingerprint density at radius 2 is 1.84 bits per heavy atom. The van der Waals surface area contributed by atoms with Crippen LogP contribution < -0.4 is 5.32 Å². The fourth-order valence-electron chi connectivity index (χ4n) is 3.22. The third kappa shape index (κ3) is 2.75. The highest BCUT2D eigenvalue weighted by Gasteiger charge is 2.25. The SMILES string of the molecule is O=C(NC1CCc2ccccc21)N1CCCCCC1. The third-order valence-electron chi connectivity index (χ3n) is 4.32. The molecule has 0 aromatic heterocycles. The number of amides is 2. The fraction of sp³-hybridized carbons (Fsp3) is 0.562. The second-order valence-corrected chi connectivity index (χ2v) is 5.64. The quantitative estimate of drug-likeness (QED) is 0.824. The molecule has 1 unspecified atom stereocenters. The van der Waals surface area contributed by atoms with Crippen LogP contribution in [0, 0.1) is 0 Å². The average Bonchev–Trinajstić information content (AvgIpc) is 2.66. The molecule has 1 atom stereocenters. The number of rotatable bonds is 1. The molecule has 1 aliphatic heterocycles. The molecule has 0 saturated carbocycles. The minimum atomic E-state index is 0.128. The van der Waals surface area contributed by atoms with Crippen LogP contribution in [0.3, 0.4) is 0 Å². The highest BCUT2D eigenvalue weighted by molar-refractivity contribution is 5.75. The molecule has 19 heavy (non-hydrogen) atoms. The van der Waals surface area contributed by atoms with Gasteiger partial charge in [-0.15, -0.1) is 0 Å². The zero-order chi connectivity index (χ0) is 13.1. The summed E-state index contributed by atoms with van der Waals surface area (Å²) in [6.07, 6.45) is 6.94. The maximum absolute atomic E-state index is 12.3. The number of urea groups is 1. The van der Waals surface area contributed by atoms with Crippen molar-refractivity contribution in [1.29, 1.82) is 0 Å². The summed E-state index contributed by atoms with van der Waals surface area (Å²) in [5.41, 5.74) is 2.70. The van der Waals surface area contributed by atoms with Gasteiger partial charge in [0.05, 0.1) is 6.04 Å². The van der Waals surface area contributed by atoms with E-state index in [-0.39, 0.29) is 12.1 Å². The largest absolute Gasteiger partial charge is 0.331 e. The molecule has 3 nitrogen and oxygen atoms in total. The minimum Gasteiger partial charge on any atom is -0.331 e. The van der Waals surface area contributed by atoms with Crippen LogP contribution in [0.5, 0.6) is 0 Å². The van der Waals surface area contributed by atoms with Gasteiger partial charge in [-0.05, 0) is 36.8 Å². The van der Waals surface area contributed by atoms with E-state index in [9.17, 15) is 4.79 Å². The van der Waals surface area contributed by atoms with Crippen molar-refractivity contribution < 1.29 is 4.79 Å². The Kier molecular flexibility index (Phi) is 3.72. The standard InChI is InChI=1S/C16H22N2O/c19-16(18-11-5-1-2-6-12-18)17-15-10-9-13-7-3-4-8-14(13)15/h3-4,7-8,15H,1-2,5-6,9-12H2,(H,17,19). The lowest BCUT2D eigenvalue weighted by atomic mass is 10.1. The number of aryl methyl sites for hydroxylation is 1. The van der Waals surface area contributed by atoms with Crippen molar-refractivity contribution in [3.8, 4) is 0 Å². The highest BCUT2D eigenvalue weighted by Crippen LogP contribution is 2.30. The molecule has 1 saturated heterocycles. The van der Waals surface area contributed by atoms with Crippen LogP contribution >= 0.6 is 0 Å². The Hall–Kier alpha value is -1.51. The summed E-state index contributed by atoms with van der Waals surface area (Å²) in [5.74, 6) is 0. The van der Waals surface area contributed by atoms with Gasteiger partial charge in [0.1, 0.15) is 0 Å². The number of hydrogen-bond donors (Lipinski definition) is 1. The first-order chi connectivity index (χ1) is 9.34. The Morgan fingerprint density at radius 1 is 1.11 bits per heavy atom. The predicted molar refractivity (Wildman–Crippen MR) is 76.1 cm³/mol. The molecule has 3 heteroatoms. The van der Waals surface area contributed by atoms with Crippen molar-refractivity contribution in [2.24, 2.45) is 0 Å². The van der Waals surface area contributed by atoms with Crippen LogP contribution in [0.15, 0.2) is 24.3 Å². The molecule has 0 spiro atoms. The number of carbonyl (C=O) groups is 1. The normalized spacial score (nSPS) is 22.7. The summed E-state index contributed by atoms with van der Waals surface area (Å²) in [6, 6.07) is 8.81. The minimum absolute atomic E-state index is 0.128. The van der Waals surface area contributed by atoms with Crippen LogP contribution in [-0.4, -0.2) is 24.0 Å². The smallest absolute Gasteiger partial charge is 0.317 e. The molecular weight excluding hydrogens is 236 g/mol. The van der Waals surface area contributed by atoms with Crippen molar-refractivity contribution in [3.05, 3.63) is 35.4 Å². The van der Waals surface area contributed by atoms with Gasteiger partial charge in [-0.1, -0.05) is 37.1 Å². The van der Waals surface area contributed by atoms with Crippen molar-refractivity contribution in [2.75, 3.05) is 13.1 Å². The van der Waals surface area contributed by atoms with Gasteiger partial charge in [-0.25, -0.2) is 4.79 Å². The first-order valence-electron chi connectivity index (χ1n) is 7.48. The zero-order valence-electron chi connectivity index (χ0n) is 11.4. The summed E-state index contributed by atoms with van der Waals surface area (Å²) in [7, 11) is 0. The number of benzene rings is 1. The zero-order valence-corrected chi connectivity index (χ0v) is 11.4. The summed E-state index contributed by atoms with van der Waals surface area (Å²) in [4.78, 5) is 14.3. The van der Waals surface area contributed by atoms with Crippen molar-refractivity contribution in [3.63, 3.8) is 0 Å². The van der Waals surface area contributed by atoms with Gasteiger partial charge in [0, 0.05) is 13.1 Å². The Labute approximate surface area is 115 Å². The molecule has 1 heterocycles. The Balaban J connectivity index is 1.64. The van der Waals surface area contributed by atoms with E-state index in [1.54, 1.807) is 0 Å². The number of carbonyl (C=O) groups excluding carboxylic acids is 1. The van der Waals surface area contributed by atoms with E-state index in [2.05, 4.69) is 29.6 Å². The maximum Gasteiger partial charge on any atom is 0.317 e. The van der Waals surface area contributed by atoms with Gasteiger partial charge in [-0.3, -0.25) is 0 Å². The summed E-state index contributed by atoms with van der Waals surface area (Å²) < 4.78 is 0. The van der Waals surface area contributed by atoms with Crippen LogP contribution in [0.2, 0.25) is 0 Å². The molecule has 1 aromatic carbocycles. The summed E-state index contributed by atoms with van der Waals surface area (Å²) in [6.45, 7) is 1.83. The van der Waals surface area contributed by atoms with Gasteiger partial charge in [-0.2, -0.15) is 0 Å². The van der Waals surface area contributed by atoms with Crippen molar-refractivity contribution >= 4 is 6.03 Å². The highest BCUT2D eigenvalue weighted by atomic mass is 16.2. The summed E-state index contributed by atoms with van der Waals surface area (Å²) in [5, 5.41) is 3.22. The molecular formula is C16H22N2O. The first-order valence-corrected chi connectivity index (χ1v) is 7.48. The number of nitrogens with zero attached hydrogens (tertiary/aromatic N) is 1. The second kappa shape index (κ2) is 5.64. The molecule has 2 amide bonds. The molecule has 102 valence electrons. The topological polar surface area (TPSA) is 32.3 Å². The monoisotopic (exact) mass is 258 g/mol. The van der Waals surface area contributed by atoms with Crippen LogP contribution in [0.1, 0.15) is 49.3 Å². The Morgan fingerprint density at radius 3 is 2.63 bits per heavy atom. The Bertz CT molecular complexity index is 450. The van der Waals surface area contributed by atoms with Gasteiger partial charge in [0.15, 0.2) is 0 Å². The second-order valence-electron chi connectivity index (χ2n) is 5.64. The third-order valence-corrected chi connectivity index (χ3v) is 4.32. The van der Waals surface area contributed by atoms with E-state index >= 15 is 0 Å². The molecule has 2 aliphatic rings. The average molecular weight is 258 g/mol. The fourth-order valence-corrected chi connectivity index (χ4v) is 3.22. The van der Waals surface area contributed by atoms with Crippen LogP contribution in [0.25, 0.3) is 0 Å². The molecule has 1 N–H and O–H groups in total. The number of nitrogens with one attached hydrogen (secondary N) is 1. The van der Waals surface area contributed by atoms with E-state index in [1.807, 2.05) is 4.90 Å². The molecule has 0 bridgehead atoms. The number of fused-ring (bicyclic) bond motifs is 1. The molecule has 1 fully saturated rings. The van der Waals surface area contributed by atoms with Gasteiger partial charge < -0.3 is 10.2 Å². The van der Waals surface area contributed by atoms with E-state index in [1.165, 1.54) is 24.0 Å². The molecule has 0 radical (unpaired) electrons. The number of likely N-dealkylation sites (tertiary alicyclic amines) is 1. The van der Waals surface area contributed by atoms with Gasteiger partial charge in [0.2, 0.25) is 0 Å². The predicted octanol–water partition coefficient (Wildman–Crippen LogP) is 3.26. The van der Waals surface area contributed by atoms with Crippen LogP contribution in [-0.2, 0) is 6.42 Å². The van der Waals surface area contributed by atoms with Gasteiger partial charge in [0.25, 0.3) is 0 Å². The summed E-state index contributed by atoms with van der Waals surface area (Å²) >= 11 is 0. The number of hydrogen-bond acceptors (Lipinski definition) is 1. The lowest BCUT2D eigenvalue weighted by molar-refractivity contribution is 0.195. The molecule has 3 rings (SSSR count). The lowest BCUT2D eigenvalue weighted by Crippen LogP contribution is -2.41.